The molecule has 26 heavy (non-hydrogen) atoms. The summed E-state index contributed by atoms with van der Waals surface area (Å²) in [5, 5.41) is 0. The van der Waals surface area contributed by atoms with Crippen molar-refractivity contribution in [3.63, 3.8) is 0 Å². The van der Waals surface area contributed by atoms with Crippen LogP contribution in [0.1, 0.15) is 62.4 Å². The van der Waals surface area contributed by atoms with Crippen LogP contribution in [0.2, 0.25) is 0 Å². The van der Waals surface area contributed by atoms with Gasteiger partial charge >= 0.3 is 6.09 Å². The van der Waals surface area contributed by atoms with Gasteiger partial charge in [-0.25, -0.2) is 4.79 Å². The summed E-state index contributed by atoms with van der Waals surface area (Å²) >= 11 is 0. The Bertz CT molecular complexity index is 692. The highest BCUT2D eigenvalue weighted by Gasteiger charge is 2.46. The van der Waals surface area contributed by atoms with Gasteiger partial charge < -0.3 is 14.4 Å². The van der Waals surface area contributed by atoms with E-state index in [9.17, 15) is 9.59 Å². The Labute approximate surface area is 155 Å². The molecular weight excluding hydrogens is 330 g/mol. The number of piperidine rings is 1. The van der Waals surface area contributed by atoms with Gasteiger partial charge in [-0.1, -0.05) is 11.6 Å². The van der Waals surface area contributed by atoms with E-state index in [2.05, 4.69) is 0 Å². The van der Waals surface area contributed by atoms with Gasteiger partial charge in [-0.2, -0.15) is 0 Å². The number of ketones is 1. The Balaban J connectivity index is 1.76. The van der Waals surface area contributed by atoms with Crippen molar-refractivity contribution in [1.29, 1.82) is 0 Å². The van der Waals surface area contributed by atoms with Gasteiger partial charge in [-0.3, -0.25) is 4.79 Å². The SMILES string of the molecule is COc1ccc(C)cc1C(=O)C1CC2CCC(C1)N2C(=O)OC(C)(C)C. The van der Waals surface area contributed by atoms with Crippen molar-refractivity contribution in [2.75, 3.05) is 7.11 Å². The van der Waals surface area contributed by atoms with Crippen LogP contribution in [0.25, 0.3) is 0 Å². The summed E-state index contributed by atoms with van der Waals surface area (Å²) in [4.78, 5) is 27.6. The summed E-state index contributed by atoms with van der Waals surface area (Å²) < 4.78 is 11.0. The first-order chi connectivity index (χ1) is 12.2. The predicted molar refractivity (Wildman–Crippen MR) is 99.7 cm³/mol. The van der Waals surface area contributed by atoms with E-state index in [1.807, 2.05) is 50.8 Å². The highest BCUT2D eigenvalue weighted by atomic mass is 16.6. The molecular formula is C21H29NO4. The molecule has 2 unspecified atom stereocenters. The fourth-order valence-electron chi connectivity index (χ4n) is 4.24. The second-order valence-corrected chi connectivity index (χ2v) is 8.51. The predicted octanol–water partition coefficient (Wildman–Crippen LogP) is 4.36. The smallest absolute Gasteiger partial charge is 0.410 e. The Morgan fingerprint density at radius 1 is 1.12 bits per heavy atom. The highest BCUT2D eigenvalue weighted by Crippen LogP contribution is 2.41. The van der Waals surface area contributed by atoms with Crippen molar-refractivity contribution in [2.45, 2.75) is 71.1 Å². The average molecular weight is 359 g/mol. The highest BCUT2D eigenvalue weighted by molar-refractivity contribution is 6.00. The number of fused-ring (bicyclic) bond motifs is 2. The van der Waals surface area contributed by atoms with E-state index >= 15 is 0 Å². The first-order valence-electron chi connectivity index (χ1n) is 9.40. The summed E-state index contributed by atoms with van der Waals surface area (Å²) in [7, 11) is 1.59. The second-order valence-electron chi connectivity index (χ2n) is 8.51. The maximum atomic E-state index is 13.1. The molecule has 0 saturated carbocycles. The Hall–Kier alpha value is -2.04. The van der Waals surface area contributed by atoms with Crippen LogP contribution in [0.5, 0.6) is 5.75 Å². The molecule has 0 N–H and O–H groups in total. The molecule has 2 fully saturated rings. The van der Waals surface area contributed by atoms with Gasteiger partial charge in [0.15, 0.2) is 5.78 Å². The molecule has 2 heterocycles. The number of nitrogens with zero attached hydrogens (tertiary/aromatic N) is 1. The minimum Gasteiger partial charge on any atom is -0.496 e. The fraction of sp³-hybridized carbons (Fsp3) is 0.619. The normalized spacial score (nSPS) is 25.1. The largest absolute Gasteiger partial charge is 0.496 e. The minimum absolute atomic E-state index is 0.0677. The Morgan fingerprint density at radius 2 is 1.73 bits per heavy atom. The molecule has 142 valence electrons. The number of hydrogen-bond donors (Lipinski definition) is 0. The van der Waals surface area contributed by atoms with Crippen LogP contribution in [-0.4, -0.2) is 41.6 Å². The lowest BCUT2D eigenvalue weighted by Gasteiger charge is -2.39. The molecule has 1 amide bonds. The van der Waals surface area contributed by atoms with Crippen LogP contribution < -0.4 is 4.74 Å². The van der Waals surface area contributed by atoms with Gasteiger partial charge in [0.2, 0.25) is 0 Å². The summed E-state index contributed by atoms with van der Waals surface area (Å²) in [5.41, 5.74) is 1.20. The van der Waals surface area contributed by atoms with Crippen molar-refractivity contribution in [2.24, 2.45) is 5.92 Å². The van der Waals surface area contributed by atoms with Crippen molar-refractivity contribution in [3.8, 4) is 5.75 Å². The van der Waals surface area contributed by atoms with Crippen LogP contribution in [0.3, 0.4) is 0 Å². The summed E-state index contributed by atoms with van der Waals surface area (Å²) in [5.74, 6) is 0.690. The molecule has 1 aromatic carbocycles. The fourth-order valence-corrected chi connectivity index (χ4v) is 4.24. The molecule has 2 atom stereocenters. The van der Waals surface area contributed by atoms with E-state index in [-0.39, 0.29) is 29.9 Å². The third kappa shape index (κ3) is 3.71. The molecule has 0 radical (unpaired) electrons. The standard InChI is InChI=1S/C21H29NO4/c1-13-6-9-18(25-5)17(10-13)19(23)14-11-15-7-8-16(12-14)22(15)20(24)26-21(2,3)4/h6,9-10,14-16H,7-8,11-12H2,1-5H3. The van der Waals surface area contributed by atoms with Crippen molar-refractivity contribution >= 4 is 11.9 Å². The quantitative estimate of drug-likeness (QED) is 0.752. The second kappa shape index (κ2) is 6.93. The Kier molecular flexibility index (Phi) is 5.00. The number of Topliss-reactive ketones (excluding diaryl/α,β-unsaturated/α-hetero) is 1. The van der Waals surface area contributed by atoms with E-state index < -0.39 is 5.60 Å². The third-order valence-corrected chi connectivity index (χ3v) is 5.33. The zero-order chi connectivity index (χ0) is 19.1. The van der Waals surface area contributed by atoms with Crippen LogP contribution >= 0.6 is 0 Å². The number of carbonyl (C=O) groups is 2. The van der Waals surface area contributed by atoms with Crippen molar-refractivity contribution in [1.82, 2.24) is 4.90 Å². The van der Waals surface area contributed by atoms with Gasteiger partial charge in [0.1, 0.15) is 11.4 Å². The maximum Gasteiger partial charge on any atom is 0.410 e. The minimum atomic E-state index is -0.502. The molecule has 0 spiro atoms. The number of benzene rings is 1. The van der Waals surface area contributed by atoms with Gasteiger partial charge in [0.05, 0.1) is 12.7 Å². The number of amides is 1. The van der Waals surface area contributed by atoms with E-state index in [4.69, 9.17) is 9.47 Å². The number of rotatable bonds is 3. The Morgan fingerprint density at radius 3 is 2.27 bits per heavy atom. The molecule has 2 saturated heterocycles. The van der Waals surface area contributed by atoms with Crippen molar-refractivity contribution in [3.05, 3.63) is 29.3 Å². The van der Waals surface area contributed by atoms with Crippen LogP contribution in [0.15, 0.2) is 18.2 Å². The topological polar surface area (TPSA) is 55.8 Å². The number of aryl methyl sites for hydroxylation is 1. The summed E-state index contributed by atoms with van der Waals surface area (Å²) in [6, 6.07) is 5.89. The molecule has 2 aliphatic heterocycles. The lowest BCUT2D eigenvalue weighted by molar-refractivity contribution is 0.00252. The van der Waals surface area contributed by atoms with Crippen LogP contribution in [-0.2, 0) is 4.74 Å². The molecule has 0 aliphatic carbocycles. The molecule has 5 nitrogen and oxygen atoms in total. The molecule has 5 heteroatoms. The zero-order valence-corrected chi connectivity index (χ0v) is 16.4. The third-order valence-electron chi connectivity index (χ3n) is 5.33. The monoisotopic (exact) mass is 359 g/mol. The van der Waals surface area contributed by atoms with Gasteiger partial charge in [0.25, 0.3) is 0 Å². The van der Waals surface area contributed by atoms with E-state index in [1.54, 1.807) is 7.11 Å². The van der Waals surface area contributed by atoms with Gasteiger partial charge in [-0.15, -0.1) is 0 Å². The summed E-state index contributed by atoms with van der Waals surface area (Å²) in [6.07, 6.45) is 3.04. The molecule has 2 aliphatic rings. The molecule has 0 aromatic heterocycles. The van der Waals surface area contributed by atoms with Crippen LogP contribution in [0, 0.1) is 12.8 Å². The van der Waals surface area contributed by atoms with E-state index in [0.29, 0.717) is 24.2 Å². The summed E-state index contributed by atoms with van der Waals surface area (Å²) in [6.45, 7) is 7.62. The van der Waals surface area contributed by atoms with Crippen LogP contribution in [0.4, 0.5) is 4.79 Å². The lowest BCUT2D eigenvalue weighted by atomic mass is 9.84. The van der Waals surface area contributed by atoms with Gasteiger partial charge in [0, 0.05) is 18.0 Å². The van der Waals surface area contributed by atoms with Crippen molar-refractivity contribution < 1.29 is 19.1 Å². The molecule has 2 bridgehead atoms. The lowest BCUT2D eigenvalue weighted by Crippen LogP contribution is -2.49. The average Bonchev–Trinajstić information content (AvgIpc) is 2.83. The number of methoxy groups -OCH3 is 1. The maximum absolute atomic E-state index is 13.1. The zero-order valence-electron chi connectivity index (χ0n) is 16.4. The van der Waals surface area contributed by atoms with Gasteiger partial charge in [-0.05, 0) is 65.5 Å². The first-order valence-corrected chi connectivity index (χ1v) is 9.40. The number of hydrogen-bond acceptors (Lipinski definition) is 4. The number of ether oxygens (including phenoxy) is 2. The van der Waals surface area contributed by atoms with E-state index in [0.717, 1.165) is 18.4 Å². The first kappa shape index (κ1) is 18.7. The number of carbonyl (C=O) groups excluding carboxylic acids is 2. The molecule has 3 rings (SSSR count). The van der Waals surface area contributed by atoms with E-state index in [1.165, 1.54) is 0 Å². The molecule has 1 aromatic rings.